The number of hydrogen-bond donors (Lipinski definition) is 0. The van der Waals surface area contributed by atoms with Crippen LogP contribution in [0.1, 0.15) is 12.9 Å². The van der Waals surface area contributed by atoms with Crippen LogP contribution in [0.15, 0.2) is 24.5 Å². The summed E-state index contributed by atoms with van der Waals surface area (Å²) in [6.45, 7) is 1.94. The third kappa shape index (κ3) is 0.943. The first-order valence-corrected chi connectivity index (χ1v) is 2.69. The van der Waals surface area contributed by atoms with Crippen LogP contribution in [0.3, 0.4) is 0 Å². The fourth-order valence-corrected chi connectivity index (χ4v) is 0.619. The molecule has 8 heavy (non-hydrogen) atoms. The van der Waals surface area contributed by atoms with Gasteiger partial charge < -0.3 is 4.57 Å². The van der Waals surface area contributed by atoms with E-state index < -0.39 is 0 Å². The summed E-state index contributed by atoms with van der Waals surface area (Å²) in [6, 6.07) is 3.92. The molecule has 0 N–H and O–H groups in total. The molecule has 0 saturated heterocycles. The minimum absolute atomic E-state index is 0.102. The standard InChI is InChI=1S/C6H8BN/c1-6(7)8-4-2-3-5-8/h2-6H,1H3. The lowest BCUT2D eigenvalue weighted by atomic mass is 9.99. The molecule has 1 aromatic heterocycles. The fourth-order valence-electron chi connectivity index (χ4n) is 0.619. The molecule has 1 heterocycles. The molecule has 0 fully saturated rings. The Labute approximate surface area is 50.7 Å². The average molecular weight is 105 g/mol. The summed E-state index contributed by atoms with van der Waals surface area (Å²) in [7, 11) is 5.52. The second-order valence-electron chi connectivity index (χ2n) is 1.87. The number of hydrogen-bond acceptors (Lipinski definition) is 0. The van der Waals surface area contributed by atoms with Gasteiger partial charge in [-0.25, -0.2) is 0 Å². The summed E-state index contributed by atoms with van der Waals surface area (Å²) in [5.74, 6) is 0.102. The molecule has 0 amide bonds. The molecule has 1 rings (SSSR count). The van der Waals surface area contributed by atoms with Crippen LogP contribution >= 0.6 is 0 Å². The predicted octanol–water partition coefficient (Wildman–Crippen LogP) is 1.18. The Bertz CT molecular complexity index is 144. The molecule has 0 aromatic carbocycles. The molecule has 0 aliphatic carbocycles. The quantitative estimate of drug-likeness (QED) is 0.472. The Kier molecular flexibility index (Phi) is 1.42. The first-order valence-electron chi connectivity index (χ1n) is 2.69. The van der Waals surface area contributed by atoms with Crippen molar-refractivity contribution in [1.29, 1.82) is 0 Å². The van der Waals surface area contributed by atoms with Crippen molar-refractivity contribution in [1.82, 2.24) is 4.57 Å². The van der Waals surface area contributed by atoms with Gasteiger partial charge in [0.05, 0.1) is 7.85 Å². The highest BCUT2D eigenvalue weighted by atomic mass is 14.9. The van der Waals surface area contributed by atoms with E-state index in [2.05, 4.69) is 0 Å². The molecule has 1 aromatic rings. The Morgan fingerprint density at radius 3 is 2.12 bits per heavy atom. The summed E-state index contributed by atoms with van der Waals surface area (Å²) in [4.78, 5) is 0. The van der Waals surface area contributed by atoms with Gasteiger partial charge in [-0.15, -0.1) is 0 Å². The zero-order valence-electron chi connectivity index (χ0n) is 4.91. The van der Waals surface area contributed by atoms with Gasteiger partial charge >= 0.3 is 0 Å². The van der Waals surface area contributed by atoms with Gasteiger partial charge in [0.25, 0.3) is 0 Å². The Morgan fingerprint density at radius 1 is 1.38 bits per heavy atom. The van der Waals surface area contributed by atoms with E-state index in [1.807, 2.05) is 36.0 Å². The largest absolute Gasteiger partial charge is 0.360 e. The molecule has 1 nitrogen and oxygen atoms in total. The van der Waals surface area contributed by atoms with Gasteiger partial charge in [0.1, 0.15) is 0 Å². The smallest absolute Gasteiger partial charge is 0.0991 e. The van der Waals surface area contributed by atoms with Crippen LogP contribution in [-0.2, 0) is 0 Å². The summed E-state index contributed by atoms with van der Waals surface area (Å²) in [6.07, 6.45) is 3.90. The second-order valence-corrected chi connectivity index (χ2v) is 1.87. The normalized spacial score (nSPS) is 13.6. The predicted molar refractivity (Wildman–Crippen MR) is 34.9 cm³/mol. The highest BCUT2D eigenvalue weighted by Crippen LogP contribution is 1.98. The molecule has 0 bridgehead atoms. The third-order valence-electron chi connectivity index (χ3n) is 1.10. The minimum Gasteiger partial charge on any atom is -0.360 e. The highest BCUT2D eigenvalue weighted by molar-refractivity contribution is 6.10. The summed E-state index contributed by atoms with van der Waals surface area (Å²) < 4.78 is 1.94. The maximum absolute atomic E-state index is 5.52. The van der Waals surface area contributed by atoms with Gasteiger partial charge in [0.15, 0.2) is 0 Å². The lowest BCUT2D eigenvalue weighted by Crippen LogP contribution is -1.99. The third-order valence-corrected chi connectivity index (χ3v) is 1.10. The zero-order valence-corrected chi connectivity index (χ0v) is 4.91. The topological polar surface area (TPSA) is 4.93 Å². The molecular formula is C6H8BN. The minimum atomic E-state index is 0.102. The van der Waals surface area contributed by atoms with Crippen LogP contribution in [0.25, 0.3) is 0 Å². The Balaban J connectivity index is 2.77. The maximum Gasteiger partial charge on any atom is 0.0991 e. The van der Waals surface area contributed by atoms with E-state index in [1.165, 1.54) is 0 Å². The van der Waals surface area contributed by atoms with Crippen molar-refractivity contribution in [2.45, 2.75) is 12.9 Å². The summed E-state index contributed by atoms with van der Waals surface area (Å²) in [5, 5.41) is 0. The van der Waals surface area contributed by atoms with Crippen molar-refractivity contribution in [2.75, 3.05) is 0 Å². The highest BCUT2D eigenvalue weighted by Gasteiger charge is 1.89. The van der Waals surface area contributed by atoms with Crippen LogP contribution in [0.2, 0.25) is 0 Å². The number of nitrogens with zero attached hydrogens (tertiary/aromatic N) is 1. The molecule has 1 atom stereocenters. The molecule has 40 valence electrons. The average Bonchev–Trinajstić information content (AvgIpc) is 2.12. The molecule has 0 aliphatic heterocycles. The van der Waals surface area contributed by atoms with Crippen LogP contribution in [-0.4, -0.2) is 12.4 Å². The van der Waals surface area contributed by atoms with E-state index in [9.17, 15) is 0 Å². The molecule has 1 unspecified atom stereocenters. The monoisotopic (exact) mass is 105 g/mol. The van der Waals surface area contributed by atoms with Gasteiger partial charge in [0.2, 0.25) is 0 Å². The van der Waals surface area contributed by atoms with E-state index in [1.54, 1.807) is 0 Å². The van der Waals surface area contributed by atoms with Crippen molar-refractivity contribution in [3.8, 4) is 0 Å². The van der Waals surface area contributed by atoms with Crippen LogP contribution in [0.4, 0.5) is 0 Å². The van der Waals surface area contributed by atoms with Crippen LogP contribution in [0.5, 0.6) is 0 Å². The van der Waals surface area contributed by atoms with Crippen molar-refractivity contribution in [3.63, 3.8) is 0 Å². The summed E-state index contributed by atoms with van der Waals surface area (Å²) in [5.41, 5.74) is 0. The summed E-state index contributed by atoms with van der Waals surface area (Å²) >= 11 is 0. The van der Waals surface area contributed by atoms with Crippen molar-refractivity contribution < 1.29 is 0 Å². The van der Waals surface area contributed by atoms with Gasteiger partial charge in [-0.05, 0) is 18.1 Å². The van der Waals surface area contributed by atoms with E-state index in [-0.39, 0.29) is 5.94 Å². The first kappa shape index (κ1) is 5.48. The van der Waals surface area contributed by atoms with E-state index in [0.717, 1.165) is 0 Å². The molecule has 2 radical (unpaired) electrons. The van der Waals surface area contributed by atoms with E-state index >= 15 is 0 Å². The molecule has 0 aliphatic rings. The molecular weight excluding hydrogens is 96.9 g/mol. The van der Waals surface area contributed by atoms with Crippen LogP contribution in [0, 0.1) is 0 Å². The van der Waals surface area contributed by atoms with Gasteiger partial charge in [0, 0.05) is 12.4 Å². The van der Waals surface area contributed by atoms with Gasteiger partial charge in [-0.1, -0.05) is 6.92 Å². The molecule has 0 saturated carbocycles. The molecule has 2 heteroatoms. The van der Waals surface area contributed by atoms with E-state index in [0.29, 0.717) is 0 Å². The SMILES string of the molecule is [B]C(C)n1cccc1. The zero-order chi connectivity index (χ0) is 5.98. The van der Waals surface area contributed by atoms with Crippen molar-refractivity contribution in [2.24, 2.45) is 0 Å². The van der Waals surface area contributed by atoms with Crippen molar-refractivity contribution >= 4 is 7.85 Å². The maximum atomic E-state index is 5.52. The fraction of sp³-hybridized carbons (Fsp3) is 0.333. The Hall–Kier alpha value is -0.655. The lowest BCUT2D eigenvalue weighted by Gasteiger charge is -2.04. The Morgan fingerprint density at radius 2 is 1.88 bits per heavy atom. The van der Waals surface area contributed by atoms with Gasteiger partial charge in [-0.3, -0.25) is 0 Å². The van der Waals surface area contributed by atoms with E-state index in [4.69, 9.17) is 7.85 Å². The van der Waals surface area contributed by atoms with Gasteiger partial charge in [-0.2, -0.15) is 0 Å². The van der Waals surface area contributed by atoms with Crippen LogP contribution < -0.4 is 0 Å². The lowest BCUT2D eigenvalue weighted by molar-refractivity contribution is 0.733. The second kappa shape index (κ2) is 2.08. The van der Waals surface area contributed by atoms with Crippen molar-refractivity contribution in [3.05, 3.63) is 24.5 Å². The number of rotatable bonds is 1. The number of aromatic nitrogens is 1. The first-order chi connectivity index (χ1) is 3.80. The molecule has 0 spiro atoms.